The third kappa shape index (κ3) is 2.86. The monoisotopic (exact) mass is 267 g/mol. The molecule has 0 fully saturated rings. The second-order valence-electron chi connectivity index (χ2n) is 4.59. The molecule has 0 aliphatic heterocycles. The Hall–Kier alpha value is -1.03. The van der Waals surface area contributed by atoms with Crippen molar-refractivity contribution in [2.45, 2.75) is 33.1 Å². The normalized spacial score (nSPS) is 11.6. The van der Waals surface area contributed by atoms with Crippen molar-refractivity contribution in [1.29, 1.82) is 0 Å². The van der Waals surface area contributed by atoms with Crippen molar-refractivity contribution in [3.05, 3.63) is 35.0 Å². The van der Waals surface area contributed by atoms with Gasteiger partial charge in [0.1, 0.15) is 0 Å². The van der Waals surface area contributed by atoms with Gasteiger partial charge in [0.25, 0.3) is 0 Å². The van der Waals surface area contributed by atoms with Crippen LogP contribution < -0.4 is 0 Å². The van der Waals surface area contributed by atoms with Crippen molar-refractivity contribution >= 4 is 22.5 Å². The Bertz CT molecular complexity index is 534. The fourth-order valence-corrected chi connectivity index (χ4v) is 2.21. The van der Waals surface area contributed by atoms with E-state index in [0.29, 0.717) is 11.6 Å². The lowest BCUT2D eigenvalue weighted by Crippen LogP contribution is -2.09. The molecular weight excluding hydrogens is 250 g/mol. The standard InChI is InChI=1S/C14H18ClNO2/c1-10(2)18-6-5-16-8-11(9-17)13-4-3-12(15)7-14(13)16/h3-4,7-8,10,17H,5-6,9H2,1-2H3. The van der Waals surface area contributed by atoms with E-state index in [1.807, 2.05) is 38.2 Å². The number of rotatable bonds is 5. The van der Waals surface area contributed by atoms with Crippen LogP contribution in [0.1, 0.15) is 19.4 Å². The van der Waals surface area contributed by atoms with E-state index in [4.69, 9.17) is 16.3 Å². The van der Waals surface area contributed by atoms with Gasteiger partial charge in [-0.15, -0.1) is 0 Å². The number of ether oxygens (including phenoxy) is 1. The molecule has 18 heavy (non-hydrogen) atoms. The molecule has 0 aliphatic rings. The van der Waals surface area contributed by atoms with Crippen LogP contribution in [0, 0.1) is 0 Å². The molecule has 0 amide bonds. The number of hydrogen-bond acceptors (Lipinski definition) is 2. The van der Waals surface area contributed by atoms with Gasteiger partial charge in [0, 0.05) is 34.2 Å². The Morgan fingerprint density at radius 3 is 2.83 bits per heavy atom. The third-order valence-corrected chi connectivity index (χ3v) is 3.12. The summed E-state index contributed by atoms with van der Waals surface area (Å²) in [7, 11) is 0. The van der Waals surface area contributed by atoms with Crippen molar-refractivity contribution in [3.63, 3.8) is 0 Å². The lowest BCUT2D eigenvalue weighted by atomic mass is 10.2. The van der Waals surface area contributed by atoms with Crippen LogP contribution in [-0.2, 0) is 17.9 Å². The van der Waals surface area contributed by atoms with Gasteiger partial charge < -0.3 is 14.4 Å². The van der Waals surface area contributed by atoms with Gasteiger partial charge in [-0.25, -0.2) is 0 Å². The van der Waals surface area contributed by atoms with Gasteiger partial charge >= 0.3 is 0 Å². The fraction of sp³-hybridized carbons (Fsp3) is 0.429. The molecule has 0 aliphatic carbocycles. The Kier molecular flexibility index (Phi) is 4.27. The van der Waals surface area contributed by atoms with Crippen molar-refractivity contribution < 1.29 is 9.84 Å². The molecule has 2 rings (SSSR count). The van der Waals surface area contributed by atoms with Crippen molar-refractivity contribution in [2.75, 3.05) is 6.61 Å². The maximum Gasteiger partial charge on any atom is 0.0702 e. The van der Waals surface area contributed by atoms with E-state index in [-0.39, 0.29) is 12.7 Å². The van der Waals surface area contributed by atoms with E-state index in [1.54, 1.807) is 0 Å². The van der Waals surface area contributed by atoms with Crippen LogP contribution in [-0.4, -0.2) is 22.4 Å². The van der Waals surface area contributed by atoms with Crippen molar-refractivity contribution in [2.24, 2.45) is 0 Å². The Morgan fingerprint density at radius 1 is 1.39 bits per heavy atom. The molecule has 0 radical (unpaired) electrons. The lowest BCUT2D eigenvalue weighted by molar-refractivity contribution is 0.0733. The highest BCUT2D eigenvalue weighted by atomic mass is 35.5. The fourth-order valence-electron chi connectivity index (χ4n) is 2.04. The minimum atomic E-state index is 0.0379. The SMILES string of the molecule is CC(C)OCCn1cc(CO)c2ccc(Cl)cc21. The van der Waals surface area contributed by atoms with Crippen molar-refractivity contribution in [3.8, 4) is 0 Å². The molecule has 3 nitrogen and oxygen atoms in total. The topological polar surface area (TPSA) is 34.4 Å². The van der Waals surface area contributed by atoms with Crippen LogP contribution in [0.3, 0.4) is 0 Å². The molecular formula is C14H18ClNO2. The van der Waals surface area contributed by atoms with Crippen LogP contribution in [0.2, 0.25) is 5.02 Å². The summed E-state index contributed by atoms with van der Waals surface area (Å²) in [5.41, 5.74) is 1.96. The number of aromatic nitrogens is 1. The zero-order chi connectivity index (χ0) is 13.1. The number of halogens is 1. The first kappa shape index (κ1) is 13.4. The molecule has 1 aromatic heterocycles. The molecule has 0 saturated carbocycles. The number of aliphatic hydroxyl groups excluding tert-OH is 1. The molecule has 4 heteroatoms. The van der Waals surface area contributed by atoms with Crippen LogP contribution in [0.15, 0.2) is 24.4 Å². The van der Waals surface area contributed by atoms with E-state index >= 15 is 0 Å². The summed E-state index contributed by atoms with van der Waals surface area (Å²) < 4.78 is 7.63. The molecule has 1 N–H and O–H groups in total. The first-order valence-electron chi connectivity index (χ1n) is 6.11. The van der Waals surface area contributed by atoms with Gasteiger partial charge in [0.15, 0.2) is 0 Å². The number of benzene rings is 1. The van der Waals surface area contributed by atoms with Gasteiger partial charge in [0.2, 0.25) is 0 Å². The number of nitrogens with zero attached hydrogens (tertiary/aromatic N) is 1. The number of aliphatic hydroxyl groups is 1. The Labute approximate surface area is 112 Å². The van der Waals surface area contributed by atoms with Crippen LogP contribution >= 0.6 is 11.6 Å². The van der Waals surface area contributed by atoms with Crippen molar-refractivity contribution in [1.82, 2.24) is 4.57 Å². The van der Waals surface area contributed by atoms with Gasteiger partial charge in [0.05, 0.1) is 19.3 Å². The highest BCUT2D eigenvalue weighted by Gasteiger charge is 2.08. The highest BCUT2D eigenvalue weighted by molar-refractivity contribution is 6.31. The summed E-state index contributed by atoms with van der Waals surface area (Å²) in [6, 6.07) is 5.71. The summed E-state index contributed by atoms with van der Waals surface area (Å²) >= 11 is 6.02. The Morgan fingerprint density at radius 2 is 2.17 bits per heavy atom. The quantitative estimate of drug-likeness (QED) is 0.903. The summed E-state index contributed by atoms with van der Waals surface area (Å²) in [6.45, 7) is 5.48. The number of hydrogen-bond donors (Lipinski definition) is 1. The van der Waals surface area contributed by atoms with Crippen LogP contribution in [0.5, 0.6) is 0 Å². The molecule has 0 bridgehead atoms. The molecule has 0 atom stereocenters. The molecule has 98 valence electrons. The lowest BCUT2D eigenvalue weighted by Gasteiger charge is -2.09. The maximum atomic E-state index is 9.35. The molecule has 1 aromatic carbocycles. The predicted octanol–water partition coefficient (Wildman–Crippen LogP) is 3.21. The van der Waals surface area contributed by atoms with E-state index < -0.39 is 0 Å². The molecule has 1 heterocycles. The predicted molar refractivity (Wildman–Crippen MR) is 74.0 cm³/mol. The summed E-state index contributed by atoms with van der Waals surface area (Å²) in [6.07, 6.45) is 2.19. The molecule has 0 unspecified atom stereocenters. The average molecular weight is 268 g/mol. The van der Waals surface area contributed by atoms with E-state index in [0.717, 1.165) is 23.0 Å². The zero-order valence-corrected chi connectivity index (χ0v) is 11.4. The van der Waals surface area contributed by atoms with E-state index in [2.05, 4.69) is 4.57 Å². The summed E-state index contributed by atoms with van der Waals surface area (Å²) in [5, 5.41) is 11.1. The van der Waals surface area contributed by atoms with Gasteiger partial charge in [-0.2, -0.15) is 0 Å². The molecule has 0 spiro atoms. The summed E-state index contributed by atoms with van der Waals surface area (Å²) in [4.78, 5) is 0. The van der Waals surface area contributed by atoms with Crippen LogP contribution in [0.25, 0.3) is 10.9 Å². The Balaban J connectivity index is 2.28. The second kappa shape index (κ2) is 5.74. The summed E-state index contributed by atoms with van der Waals surface area (Å²) in [5.74, 6) is 0. The number of fused-ring (bicyclic) bond motifs is 1. The third-order valence-electron chi connectivity index (χ3n) is 2.88. The van der Waals surface area contributed by atoms with E-state index in [1.165, 1.54) is 0 Å². The van der Waals surface area contributed by atoms with Gasteiger partial charge in [-0.3, -0.25) is 0 Å². The van der Waals surface area contributed by atoms with Gasteiger partial charge in [-0.1, -0.05) is 17.7 Å². The smallest absolute Gasteiger partial charge is 0.0702 e. The van der Waals surface area contributed by atoms with Gasteiger partial charge in [-0.05, 0) is 26.0 Å². The largest absolute Gasteiger partial charge is 0.392 e. The van der Waals surface area contributed by atoms with Crippen LogP contribution in [0.4, 0.5) is 0 Å². The first-order valence-corrected chi connectivity index (χ1v) is 6.49. The molecule has 0 saturated heterocycles. The van der Waals surface area contributed by atoms with E-state index in [9.17, 15) is 5.11 Å². The molecule has 2 aromatic rings. The first-order chi connectivity index (χ1) is 8.61. The maximum absolute atomic E-state index is 9.35. The highest BCUT2D eigenvalue weighted by Crippen LogP contribution is 2.24. The minimum Gasteiger partial charge on any atom is -0.392 e. The zero-order valence-electron chi connectivity index (χ0n) is 10.7. The average Bonchev–Trinajstić information content (AvgIpc) is 2.66. The minimum absolute atomic E-state index is 0.0379. The second-order valence-corrected chi connectivity index (χ2v) is 5.02.